The SMILES string of the molecule is NC(=O)c1c(NC(=O)COc2ccc(Cl)cc2)sc2c1CCC2. The molecule has 1 aromatic carbocycles. The van der Waals surface area contributed by atoms with Gasteiger partial charge in [-0.05, 0) is 49.1 Å². The number of fused-ring (bicyclic) bond motifs is 1. The van der Waals surface area contributed by atoms with Gasteiger partial charge < -0.3 is 15.8 Å². The maximum atomic E-state index is 12.0. The van der Waals surface area contributed by atoms with Gasteiger partial charge in [0.25, 0.3) is 11.8 Å². The lowest BCUT2D eigenvalue weighted by atomic mass is 10.1. The maximum absolute atomic E-state index is 12.0. The number of aryl methyl sites for hydroxylation is 1. The van der Waals surface area contributed by atoms with Crippen LogP contribution in [-0.4, -0.2) is 18.4 Å². The monoisotopic (exact) mass is 350 g/mol. The highest BCUT2D eigenvalue weighted by molar-refractivity contribution is 7.17. The summed E-state index contributed by atoms with van der Waals surface area (Å²) in [5.41, 5.74) is 6.89. The van der Waals surface area contributed by atoms with Crippen LogP contribution in [0.4, 0.5) is 5.00 Å². The van der Waals surface area contributed by atoms with Crippen LogP contribution in [0.1, 0.15) is 27.2 Å². The minimum atomic E-state index is -0.502. The van der Waals surface area contributed by atoms with Crippen molar-refractivity contribution in [2.75, 3.05) is 11.9 Å². The van der Waals surface area contributed by atoms with Gasteiger partial charge in [0.1, 0.15) is 10.8 Å². The average molecular weight is 351 g/mol. The molecule has 0 bridgehead atoms. The van der Waals surface area contributed by atoms with E-state index in [1.807, 2.05) is 0 Å². The van der Waals surface area contributed by atoms with Crippen molar-refractivity contribution in [2.45, 2.75) is 19.3 Å². The Labute approximate surface area is 142 Å². The van der Waals surface area contributed by atoms with Gasteiger partial charge in [0.05, 0.1) is 5.56 Å². The molecular formula is C16H15ClN2O3S. The van der Waals surface area contributed by atoms with Gasteiger partial charge in [-0.1, -0.05) is 11.6 Å². The summed E-state index contributed by atoms with van der Waals surface area (Å²) >= 11 is 7.21. The minimum absolute atomic E-state index is 0.150. The Balaban J connectivity index is 1.66. The predicted molar refractivity (Wildman–Crippen MR) is 90.4 cm³/mol. The molecule has 2 aromatic rings. The van der Waals surface area contributed by atoms with Crippen molar-refractivity contribution in [2.24, 2.45) is 5.73 Å². The summed E-state index contributed by atoms with van der Waals surface area (Å²) in [6.45, 7) is -0.150. The van der Waals surface area contributed by atoms with Crippen molar-refractivity contribution in [3.8, 4) is 5.75 Å². The first-order valence-electron chi connectivity index (χ1n) is 7.17. The van der Waals surface area contributed by atoms with Gasteiger partial charge in [-0.25, -0.2) is 0 Å². The molecule has 1 aliphatic rings. The molecule has 0 spiro atoms. The molecule has 0 saturated carbocycles. The number of anilines is 1. The van der Waals surface area contributed by atoms with Gasteiger partial charge in [-0.3, -0.25) is 9.59 Å². The fraction of sp³-hybridized carbons (Fsp3) is 0.250. The van der Waals surface area contributed by atoms with E-state index in [1.165, 1.54) is 11.3 Å². The van der Waals surface area contributed by atoms with Crippen LogP contribution in [0.5, 0.6) is 5.75 Å². The van der Waals surface area contributed by atoms with Crippen molar-refractivity contribution in [1.82, 2.24) is 0 Å². The number of rotatable bonds is 5. The molecule has 3 rings (SSSR count). The molecule has 0 radical (unpaired) electrons. The molecule has 23 heavy (non-hydrogen) atoms. The van der Waals surface area contributed by atoms with E-state index in [9.17, 15) is 9.59 Å². The lowest BCUT2D eigenvalue weighted by molar-refractivity contribution is -0.118. The molecular weight excluding hydrogens is 336 g/mol. The molecule has 7 heteroatoms. The molecule has 1 heterocycles. The fourth-order valence-corrected chi connectivity index (χ4v) is 4.03. The molecule has 1 aliphatic carbocycles. The van der Waals surface area contributed by atoms with E-state index in [0.29, 0.717) is 21.3 Å². The van der Waals surface area contributed by atoms with Gasteiger partial charge in [-0.2, -0.15) is 0 Å². The number of carbonyl (C=O) groups excluding carboxylic acids is 2. The standard InChI is InChI=1S/C16H15ClN2O3S/c17-9-4-6-10(7-5-9)22-8-13(20)19-16-14(15(18)21)11-2-1-3-12(11)23-16/h4-7H,1-3,8H2,(H2,18,21)(H,19,20). The van der Waals surface area contributed by atoms with Gasteiger partial charge >= 0.3 is 0 Å². The largest absolute Gasteiger partial charge is 0.484 e. The van der Waals surface area contributed by atoms with Crippen LogP contribution in [0, 0.1) is 0 Å². The number of primary amides is 1. The highest BCUT2D eigenvalue weighted by Gasteiger charge is 2.26. The Morgan fingerprint density at radius 3 is 2.70 bits per heavy atom. The third kappa shape index (κ3) is 3.48. The van der Waals surface area contributed by atoms with Crippen molar-refractivity contribution in [3.63, 3.8) is 0 Å². The molecule has 1 aromatic heterocycles. The summed E-state index contributed by atoms with van der Waals surface area (Å²) in [6.07, 6.45) is 2.79. The van der Waals surface area contributed by atoms with Crippen molar-refractivity contribution < 1.29 is 14.3 Å². The van der Waals surface area contributed by atoms with Gasteiger partial charge in [0.15, 0.2) is 6.61 Å². The number of nitrogens with two attached hydrogens (primary N) is 1. The average Bonchev–Trinajstić information content (AvgIpc) is 3.06. The van der Waals surface area contributed by atoms with Gasteiger partial charge in [0.2, 0.25) is 0 Å². The lowest BCUT2D eigenvalue weighted by Crippen LogP contribution is -2.22. The smallest absolute Gasteiger partial charge is 0.262 e. The molecule has 3 N–H and O–H groups in total. The summed E-state index contributed by atoms with van der Waals surface area (Å²) in [6, 6.07) is 6.74. The molecule has 0 saturated heterocycles. The molecule has 0 aliphatic heterocycles. The first-order valence-corrected chi connectivity index (χ1v) is 8.36. The van der Waals surface area contributed by atoms with Crippen molar-refractivity contribution in [3.05, 3.63) is 45.3 Å². The van der Waals surface area contributed by atoms with Crippen LogP contribution in [-0.2, 0) is 17.6 Å². The molecule has 0 atom stereocenters. The summed E-state index contributed by atoms with van der Waals surface area (Å²) in [4.78, 5) is 24.8. The Morgan fingerprint density at radius 1 is 1.26 bits per heavy atom. The van der Waals surface area contributed by atoms with Crippen LogP contribution in [0.2, 0.25) is 5.02 Å². The third-order valence-corrected chi connectivity index (χ3v) is 5.06. The number of carbonyl (C=O) groups is 2. The second-order valence-electron chi connectivity index (χ2n) is 5.22. The van der Waals surface area contributed by atoms with E-state index in [-0.39, 0.29) is 12.5 Å². The number of ether oxygens (including phenoxy) is 1. The predicted octanol–water partition coefficient (Wildman–Crippen LogP) is 3.01. The van der Waals surface area contributed by atoms with Crippen LogP contribution >= 0.6 is 22.9 Å². The second-order valence-corrected chi connectivity index (χ2v) is 6.76. The summed E-state index contributed by atoms with van der Waals surface area (Å²) < 4.78 is 5.39. The van der Waals surface area contributed by atoms with Crippen LogP contribution in [0.3, 0.4) is 0 Å². The van der Waals surface area contributed by atoms with Crippen molar-refractivity contribution in [1.29, 1.82) is 0 Å². The quantitative estimate of drug-likeness (QED) is 0.869. The Morgan fingerprint density at radius 2 is 2.00 bits per heavy atom. The van der Waals surface area contributed by atoms with Crippen molar-refractivity contribution >= 4 is 39.8 Å². The maximum Gasteiger partial charge on any atom is 0.262 e. The van der Waals surface area contributed by atoms with E-state index in [1.54, 1.807) is 24.3 Å². The summed E-state index contributed by atoms with van der Waals surface area (Å²) in [5, 5.41) is 3.85. The van der Waals surface area contributed by atoms with Crippen LogP contribution in [0.25, 0.3) is 0 Å². The first-order chi connectivity index (χ1) is 11.0. The van der Waals surface area contributed by atoms with E-state index in [4.69, 9.17) is 22.1 Å². The topological polar surface area (TPSA) is 81.4 Å². The van der Waals surface area contributed by atoms with E-state index in [0.717, 1.165) is 29.7 Å². The first kappa shape index (κ1) is 15.8. The van der Waals surface area contributed by atoms with E-state index < -0.39 is 5.91 Å². The zero-order chi connectivity index (χ0) is 16.4. The Bertz CT molecular complexity index is 755. The number of nitrogens with one attached hydrogen (secondary N) is 1. The highest BCUT2D eigenvalue weighted by Crippen LogP contribution is 2.38. The Hall–Kier alpha value is -2.05. The molecule has 0 fully saturated rings. The van der Waals surface area contributed by atoms with Gasteiger partial charge in [-0.15, -0.1) is 11.3 Å². The van der Waals surface area contributed by atoms with E-state index in [2.05, 4.69) is 5.32 Å². The molecule has 0 unspecified atom stereocenters. The normalized spacial score (nSPS) is 12.7. The number of thiophene rings is 1. The number of hydrogen-bond acceptors (Lipinski definition) is 4. The number of halogens is 1. The van der Waals surface area contributed by atoms with Crippen LogP contribution < -0.4 is 15.8 Å². The molecule has 2 amide bonds. The zero-order valence-electron chi connectivity index (χ0n) is 12.2. The summed E-state index contributed by atoms with van der Waals surface area (Å²) in [5.74, 6) is -0.283. The minimum Gasteiger partial charge on any atom is -0.484 e. The molecule has 120 valence electrons. The summed E-state index contributed by atoms with van der Waals surface area (Å²) in [7, 11) is 0. The number of benzene rings is 1. The second kappa shape index (κ2) is 6.60. The lowest BCUT2D eigenvalue weighted by Gasteiger charge is -2.08. The van der Waals surface area contributed by atoms with Crippen LogP contribution in [0.15, 0.2) is 24.3 Å². The van der Waals surface area contributed by atoms with E-state index >= 15 is 0 Å². The third-order valence-electron chi connectivity index (χ3n) is 3.60. The highest BCUT2D eigenvalue weighted by atomic mass is 35.5. The van der Waals surface area contributed by atoms with Gasteiger partial charge in [0, 0.05) is 9.90 Å². The molecule has 5 nitrogen and oxygen atoms in total. The fourth-order valence-electron chi connectivity index (χ4n) is 2.60. The zero-order valence-corrected chi connectivity index (χ0v) is 13.8. The number of amides is 2. The Kier molecular flexibility index (Phi) is 4.54. The number of hydrogen-bond donors (Lipinski definition) is 2.